The number of rotatable bonds is 2. The fraction of sp³-hybridized carbons (Fsp3) is 0.818. The summed E-state index contributed by atoms with van der Waals surface area (Å²) >= 11 is 0. The van der Waals surface area contributed by atoms with E-state index in [0.717, 1.165) is 0 Å². The zero-order valence-electron chi connectivity index (χ0n) is 8.21. The predicted octanol–water partition coefficient (Wildman–Crippen LogP) is 4.95. The highest BCUT2D eigenvalue weighted by molar-refractivity contribution is 6.76. The van der Waals surface area contributed by atoms with Crippen LogP contribution in [0.4, 0.5) is 0 Å². The summed E-state index contributed by atoms with van der Waals surface area (Å²) in [4.78, 5) is 0. The van der Waals surface area contributed by atoms with Gasteiger partial charge in [-0.05, 0) is 26.8 Å². The average Bonchev–Trinajstić information content (AvgIpc) is 1.60. The lowest BCUT2D eigenvalue weighted by molar-refractivity contribution is 1.20. The Hall–Kier alpha value is -0.0431. The molecule has 0 aromatic rings. The van der Waals surface area contributed by atoms with Crippen molar-refractivity contribution in [3.05, 3.63) is 11.1 Å². The van der Waals surface area contributed by atoms with Crippen LogP contribution < -0.4 is 0 Å². The minimum absolute atomic E-state index is 0. The van der Waals surface area contributed by atoms with E-state index in [9.17, 15) is 0 Å². The first-order valence-corrected chi connectivity index (χ1v) is 7.66. The third kappa shape index (κ3) is 9.96. The second-order valence-electron chi connectivity index (χ2n) is 4.52. The molecule has 0 heterocycles. The molecule has 76 valence electrons. The first kappa shape index (κ1) is 17.9. The van der Waals surface area contributed by atoms with Crippen molar-refractivity contribution in [3.8, 4) is 0 Å². The topological polar surface area (TPSA) is 0 Å². The van der Waals surface area contributed by atoms with Gasteiger partial charge in [0, 0.05) is 8.07 Å². The molecular formula is C11H28Si. The molecule has 0 atom stereocenters. The number of allylic oxidation sites excluding steroid dienone is 2. The molecule has 0 spiro atoms. The monoisotopic (exact) mass is 188 g/mol. The van der Waals surface area contributed by atoms with Crippen molar-refractivity contribution in [3.63, 3.8) is 0 Å². The molecular weight excluding hydrogens is 160 g/mol. The van der Waals surface area contributed by atoms with Crippen molar-refractivity contribution in [2.75, 3.05) is 0 Å². The summed E-state index contributed by atoms with van der Waals surface area (Å²) < 4.78 is 0. The molecule has 1 heteroatoms. The van der Waals surface area contributed by atoms with Gasteiger partial charge in [0.05, 0.1) is 0 Å². The zero-order chi connectivity index (χ0) is 8.36. The molecule has 0 aromatic carbocycles. The molecule has 0 fully saturated rings. The van der Waals surface area contributed by atoms with E-state index in [-0.39, 0.29) is 14.9 Å². The highest BCUT2D eigenvalue weighted by atomic mass is 28.3. The summed E-state index contributed by atoms with van der Waals surface area (Å²) in [5, 5.41) is 0. The number of hydrogen-bond donors (Lipinski definition) is 0. The molecule has 0 saturated carbocycles. The van der Waals surface area contributed by atoms with Gasteiger partial charge in [-0.15, -0.1) is 0 Å². The third-order valence-electron chi connectivity index (χ3n) is 1.65. The lowest BCUT2D eigenvalue weighted by atomic mass is 10.2. The van der Waals surface area contributed by atoms with Gasteiger partial charge in [-0.2, -0.15) is 0 Å². The van der Waals surface area contributed by atoms with Crippen LogP contribution in [0.15, 0.2) is 11.1 Å². The average molecular weight is 188 g/mol. The van der Waals surface area contributed by atoms with E-state index in [1.807, 2.05) is 0 Å². The highest BCUT2D eigenvalue weighted by Crippen LogP contribution is 2.17. The molecule has 0 amide bonds. The highest BCUT2D eigenvalue weighted by Gasteiger charge is 2.13. The summed E-state index contributed by atoms with van der Waals surface area (Å²) in [6.07, 6.45) is 0. The maximum atomic E-state index is 2.42. The smallest absolute Gasteiger partial charge is 0.0483 e. The van der Waals surface area contributed by atoms with E-state index < -0.39 is 8.07 Å². The van der Waals surface area contributed by atoms with Crippen LogP contribution in [0.5, 0.6) is 0 Å². The summed E-state index contributed by atoms with van der Waals surface area (Å²) in [6.45, 7) is 13.9. The van der Waals surface area contributed by atoms with Crippen LogP contribution in [0.2, 0.25) is 25.7 Å². The van der Waals surface area contributed by atoms with Gasteiger partial charge in [-0.3, -0.25) is 0 Å². The van der Waals surface area contributed by atoms with Gasteiger partial charge >= 0.3 is 0 Å². The van der Waals surface area contributed by atoms with Crippen molar-refractivity contribution in [1.29, 1.82) is 0 Å². The van der Waals surface area contributed by atoms with Crippen molar-refractivity contribution in [2.45, 2.75) is 61.3 Å². The van der Waals surface area contributed by atoms with Gasteiger partial charge in [0.2, 0.25) is 0 Å². The van der Waals surface area contributed by atoms with Gasteiger partial charge in [0.1, 0.15) is 0 Å². The molecule has 0 radical (unpaired) electrons. The summed E-state index contributed by atoms with van der Waals surface area (Å²) in [5.41, 5.74) is 3.10. The number of hydrogen-bond acceptors (Lipinski definition) is 0. The van der Waals surface area contributed by atoms with E-state index in [1.54, 1.807) is 5.57 Å². The summed E-state index contributed by atoms with van der Waals surface area (Å²) in [6, 6.07) is 1.36. The molecule has 0 nitrogen and oxygen atoms in total. The van der Waals surface area contributed by atoms with Gasteiger partial charge < -0.3 is 0 Å². The van der Waals surface area contributed by atoms with Gasteiger partial charge in [-0.25, -0.2) is 0 Å². The summed E-state index contributed by atoms with van der Waals surface area (Å²) in [5.74, 6) is 0. The molecule has 0 unspecified atom stereocenters. The maximum absolute atomic E-state index is 2.42. The van der Waals surface area contributed by atoms with Crippen LogP contribution in [-0.4, -0.2) is 8.07 Å². The van der Waals surface area contributed by atoms with Crippen molar-refractivity contribution < 1.29 is 0 Å². The van der Waals surface area contributed by atoms with Gasteiger partial charge in [0.15, 0.2) is 0 Å². The molecule has 0 aromatic heterocycles. The Kier molecular flexibility index (Phi) is 9.65. The van der Waals surface area contributed by atoms with E-state index in [4.69, 9.17) is 0 Å². The first-order chi connectivity index (χ1) is 4.33. The van der Waals surface area contributed by atoms with E-state index in [0.29, 0.717) is 0 Å². The Morgan fingerprint density at radius 1 is 0.917 bits per heavy atom. The fourth-order valence-corrected chi connectivity index (χ4v) is 2.92. The zero-order valence-corrected chi connectivity index (χ0v) is 9.21. The standard InChI is InChI=1S/C9H20Si.2CH4/c1-8(2)9(3)7-10(4,5)6;;/h7H2,1-6H3;2*1H4. The van der Waals surface area contributed by atoms with Crippen molar-refractivity contribution >= 4 is 8.07 Å². The normalized spacial score (nSPS) is 9.50. The van der Waals surface area contributed by atoms with E-state index in [1.165, 1.54) is 11.6 Å². The minimum atomic E-state index is -0.841. The van der Waals surface area contributed by atoms with E-state index >= 15 is 0 Å². The molecule has 12 heavy (non-hydrogen) atoms. The molecule has 0 aliphatic heterocycles. The minimum Gasteiger partial charge on any atom is -0.0778 e. The van der Waals surface area contributed by atoms with Crippen LogP contribution in [0.1, 0.15) is 35.6 Å². The first-order valence-electron chi connectivity index (χ1n) is 3.96. The Balaban J connectivity index is -0.000000405. The molecule has 0 N–H and O–H groups in total. The van der Waals surface area contributed by atoms with Crippen molar-refractivity contribution in [2.24, 2.45) is 0 Å². The van der Waals surface area contributed by atoms with Crippen LogP contribution in [0.3, 0.4) is 0 Å². The molecule has 0 bridgehead atoms. The lowest BCUT2D eigenvalue weighted by Gasteiger charge is -2.16. The van der Waals surface area contributed by atoms with Crippen LogP contribution in [-0.2, 0) is 0 Å². The predicted molar refractivity (Wildman–Crippen MR) is 65.7 cm³/mol. The molecule has 0 aliphatic rings. The Labute approximate surface area is 81.1 Å². The second-order valence-corrected chi connectivity index (χ2v) is 9.99. The SMILES string of the molecule is C.C.CC(C)=C(C)C[Si](C)(C)C. The van der Waals surface area contributed by atoms with Crippen molar-refractivity contribution in [1.82, 2.24) is 0 Å². The van der Waals surface area contributed by atoms with Crippen LogP contribution in [0, 0.1) is 0 Å². The Morgan fingerprint density at radius 3 is 1.33 bits per heavy atom. The third-order valence-corrected chi connectivity index (χ3v) is 3.24. The molecule has 0 aliphatic carbocycles. The Morgan fingerprint density at radius 2 is 1.25 bits per heavy atom. The van der Waals surface area contributed by atoms with Gasteiger partial charge in [-0.1, -0.05) is 45.6 Å². The fourth-order valence-electron chi connectivity index (χ4n) is 0.972. The lowest BCUT2D eigenvalue weighted by Crippen LogP contribution is -2.19. The van der Waals surface area contributed by atoms with Crippen LogP contribution in [0.25, 0.3) is 0 Å². The summed E-state index contributed by atoms with van der Waals surface area (Å²) in [7, 11) is -0.841. The Bertz CT molecular complexity index is 134. The van der Waals surface area contributed by atoms with E-state index in [2.05, 4.69) is 40.4 Å². The molecule has 0 rings (SSSR count). The van der Waals surface area contributed by atoms with Gasteiger partial charge in [0.25, 0.3) is 0 Å². The second kappa shape index (κ2) is 6.47. The quantitative estimate of drug-likeness (QED) is 0.425. The maximum Gasteiger partial charge on any atom is 0.0483 e. The van der Waals surface area contributed by atoms with Crippen LogP contribution >= 0.6 is 0 Å². The molecule has 0 saturated heterocycles. The largest absolute Gasteiger partial charge is 0.0778 e.